The number of nitrogens with one attached hydrogen (secondary N) is 1. The SMILES string of the molecule is CS(=O)(=O)c1ccc2ncnc(NCCc3cnn(-c4ccccc4)c3)c2c1. The first-order valence-corrected chi connectivity index (χ1v) is 10.7. The van der Waals surface area contributed by atoms with Crippen LogP contribution in [0.5, 0.6) is 0 Å². The van der Waals surface area contributed by atoms with Crippen molar-refractivity contribution in [2.75, 3.05) is 18.1 Å². The van der Waals surface area contributed by atoms with E-state index in [1.807, 2.05) is 47.4 Å². The van der Waals surface area contributed by atoms with Gasteiger partial charge in [0.15, 0.2) is 9.84 Å². The van der Waals surface area contributed by atoms with E-state index in [9.17, 15) is 8.42 Å². The van der Waals surface area contributed by atoms with Crippen LogP contribution in [0.25, 0.3) is 16.6 Å². The molecule has 0 spiro atoms. The molecule has 2 heterocycles. The Bertz CT molecular complexity index is 1220. The molecular formula is C20H19N5O2S. The average molecular weight is 393 g/mol. The molecular weight excluding hydrogens is 374 g/mol. The maximum atomic E-state index is 11.8. The van der Waals surface area contributed by atoms with Gasteiger partial charge in [0.1, 0.15) is 12.1 Å². The summed E-state index contributed by atoms with van der Waals surface area (Å²) in [7, 11) is -3.29. The largest absolute Gasteiger partial charge is 0.369 e. The molecule has 0 aliphatic heterocycles. The third kappa shape index (κ3) is 3.86. The summed E-state index contributed by atoms with van der Waals surface area (Å²) in [5.41, 5.74) is 2.80. The van der Waals surface area contributed by atoms with Gasteiger partial charge in [-0.2, -0.15) is 5.10 Å². The van der Waals surface area contributed by atoms with Crippen LogP contribution < -0.4 is 5.32 Å². The van der Waals surface area contributed by atoms with Gasteiger partial charge >= 0.3 is 0 Å². The first kappa shape index (κ1) is 18.1. The molecule has 0 bridgehead atoms. The molecule has 0 radical (unpaired) electrons. The summed E-state index contributed by atoms with van der Waals surface area (Å²) in [4.78, 5) is 8.74. The van der Waals surface area contributed by atoms with Crippen LogP contribution in [0.2, 0.25) is 0 Å². The lowest BCUT2D eigenvalue weighted by Gasteiger charge is -2.08. The first-order chi connectivity index (χ1) is 13.5. The fraction of sp³-hybridized carbons (Fsp3) is 0.150. The number of hydrogen-bond acceptors (Lipinski definition) is 6. The Hall–Kier alpha value is -3.26. The molecule has 0 unspecified atom stereocenters. The summed E-state index contributed by atoms with van der Waals surface area (Å²) >= 11 is 0. The first-order valence-electron chi connectivity index (χ1n) is 8.78. The lowest BCUT2D eigenvalue weighted by molar-refractivity contribution is 0.602. The van der Waals surface area contributed by atoms with Crippen LogP contribution in [0.15, 0.2) is 72.1 Å². The van der Waals surface area contributed by atoms with Crippen LogP contribution in [-0.4, -0.2) is 41.0 Å². The minimum absolute atomic E-state index is 0.252. The van der Waals surface area contributed by atoms with Crippen molar-refractivity contribution in [1.82, 2.24) is 19.7 Å². The van der Waals surface area contributed by atoms with Crippen molar-refractivity contribution < 1.29 is 8.42 Å². The van der Waals surface area contributed by atoms with Crippen LogP contribution in [0.4, 0.5) is 5.82 Å². The van der Waals surface area contributed by atoms with Crippen molar-refractivity contribution in [3.05, 3.63) is 72.8 Å². The summed E-state index contributed by atoms with van der Waals surface area (Å²) in [6.07, 6.45) is 7.25. The molecule has 1 N–H and O–H groups in total. The second kappa shape index (κ2) is 7.40. The smallest absolute Gasteiger partial charge is 0.175 e. The molecule has 0 aliphatic carbocycles. The maximum Gasteiger partial charge on any atom is 0.175 e. The molecule has 8 heteroatoms. The van der Waals surface area contributed by atoms with Crippen LogP contribution in [0, 0.1) is 0 Å². The van der Waals surface area contributed by atoms with E-state index in [0.717, 1.165) is 17.7 Å². The molecule has 2 aromatic carbocycles. The van der Waals surface area contributed by atoms with Crippen molar-refractivity contribution in [2.45, 2.75) is 11.3 Å². The highest BCUT2D eigenvalue weighted by Gasteiger charge is 2.11. The number of hydrogen-bond donors (Lipinski definition) is 1. The van der Waals surface area contributed by atoms with Gasteiger partial charge in [-0.3, -0.25) is 0 Å². The van der Waals surface area contributed by atoms with E-state index in [1.54, 1.807) is 18.2 Å². The number of nitrogens with zero attached hydrogens (tertiary/aromatic N) is 4. The fourth-order valence-corrected chi connectivity index (χ4v) is 3.59. The van der Waals surface area contributed by atoms with Crippen molar-refractivity contribution in [3.63, 3.8) is 0 Å². The molecule has 7 nitrogen and oxygen atoms in total. The third-order valence-electron chi connectivity index (χ3n) is 4.40. The zero-order chi connectivity index (χ0) is 19.6. The highest BCUT2D eigenvalue weighted by molar-refractivity contribution is 7.90. The fourth-order valence-electron chi connectivity index (χ4n) is 2.94. The summed E-state index contributed by atoms with van der Waals surface area (Å²) in [5, 5.41) is 8.36. The van der Waals surface area contributed by atoms with Crippen LogP contribution >= 0.6 is 0 Å². The number of anilines is 1. The molecule has 0 saturated carbocycles. The van der Waals surface area contributed by atoms with E-state index in [-0.39, 0.29) is 4.90 Å². The molecule has 0 atom stereocenters. The van der Waals surface area contributed by atoms with Gasteiger partial charge in [-0.05, 0) is 42.3 Å². The Labute approximate surface area is 163 Å². The molecule has 4 aromatic rings. The van der Waals surface area contributed by atoms with Gasteiger partial charge in [0.2, 0.25) is 0 Å². The second-order valence-corrected chi connectivity index (χ2v) is 8.49. The summed E-state index contributed by atoms with van der Waals surface area (Å²) in [6, 6.07) is 14.8. The van der Waals surface area contributed by atoms with Crippen molar-refractivity contribution in [1.29, 1.82) is 0 Å². The van der Waals surface area contributed by atoms with E-state index >= 15 is 0 Å². The molecule has 2 aromatic heterocycles. The highest BCUT2D eigenvalue weighted by atomic mass is 32.2. The Kier molecular flexibility index (Phi) is 4.79. The summed E-state index contributed by atoms with van der Waals surface area (Å²) < 4.78 is 25.5. The molecule has 4 rings (SSSR count). The minimum Gasteiger partial charge on any atom is -0.369 e. The van der Waals surface area contributed by atoms with Crippen LogP contribution in [0.1, 0.15) is 5.56 Å². The Morgan fingerprint density at radius 3 is 2.68 bits per heavy atom. The maximum absolute atomic E-state index is 11.8. The highest BCUT2D eigenvalue weighted by Crippen LogP contribution is 2.23. The predicted octanol–water partition coefficient (Wildman–Crippen LogP) is 2.87. The molecule has 0 aliphatic rings. The number of aromatic nitrogens is 4. The zero-order valence-electron chi connectivity index (χ0n) is 15.3. The van der Waals surface area contributed by atoms with Crippen molar-refractivity contribution >= 4 is 26.6 Å². The van der Waals surface area contributed by atoms with Crippen molar-refractivity contribution in [3.8, 4) is 5.69 Å². The van der Waals surface area contributed by atoms with E-state index in [2.05, 4.69) is 20.4 Å². The normalized spacial score (nSPS) is 11.6. The van der Waals surface area contributed by atoms with E-state index in [4.69, 9.17) is 0 Å². The Morgan fingerprint density at radius 2 is 1.89 bits per heavy atom. The quantitative estimate of drug-likeness (QED) is 0.542. The van der Waals surface area contributed by atoms with Crippen LogP contribution in [0.3, 0.4) is 0 Å². The number of benzene rings is 2. The summed E-state index contributed by atoms with van der Waals surface area (Å²) in [5.74, 6) is 0.617. The standard InChI is InChI=1S/C20H19N5O2S/c1-28(26,27)17-7-8-19-18(11-17)20(23-14-22-19)21-10-9-15-12-24-25(13-15)16-5-3-2-4-6-16/h2-8,11-14H,9-10H2,1H3,(H,21,22,23). The number of sulfone groups is 1. The minimum atomic E-state index is -3.29. The molecule has 0 saturated heterocycles. The summed E-state index contributed by atoms with van der Waals surface area (Å²) in [6.45, 7) is 0.635. The van der Waals surface area contributed by atoms with Crippen molar-refractivity contribution in [2.24, 2.45) is 0 Å². The zero-order valence-corrected chi connectivity index (χ0v) is 16.1. The van der Waals surface area contributed by atoms with Gasteiger partial charge in [-0.1, -0.05) is 18.2 Å². The predicted molar refractivity (Wildman–Crippen MR) is 108 cm³/mol. The molecule has 28 heavy (non-hydrogen) atoms. The van der Waals surface area contributed by atoms with Gasteiger partial charge in [0, 0.05) is 24.4 Å². The average Bonchev–Trinajstić information content (AvgIpc) is 3.17. The lowest BCUT2D eigenvalue weighted by atomic mass is 10.2. The van der Waals surface area contributed by atoms with Gasteiger partial charge in [-0.25, -0.2) is 23.1 Å². The van der Waals surface area contributed by atoms with Gasteiger partial charge in [0.05, 0.1) is 22.3 Å². The molecule has 0 amide bonds. The molecule has 0 fully saturated rings. The second-order valence-electron chi connectivity index (χ2n) is 6.48. The monoisotopic (exact) mass is 393 g/mol. The number of fused-ring (bicyclic) bond motifs is 1. The van der Waals surface area contributed by atoms with Gasteiger partial charge in [0.25, 0.3) is 0 Å². The number of para-hydroxylation sites is 1. The van der Waals surface area contributed by atoms with E-state index in [1.165, 1.54) is 12.6 Å². The number of rotatable bonds is 6. The van der Waals surface area contributed by atoms with E-state index in [0.29, 0.717) is 23.3 Å². The van der Waals surface area contributed by atoms with Gasteiger partial charge < -0.3 is 5.32 Å². The Balaban J connectivity index is 1.50. The lowest BCUT2D eigenvalue weighted by Crippen LogP contribution is -2.07. The van der Waals surface area contributed by atoms with Gasteiger partial charge in [-0.15, -0.1) is 0 Å². The van der Waals surface area contributed by atoms with E-state index < -0.39 is 9.84 Å². The topological polar surface area (TPSA) is 89.8 Å². The molecule has 142 valence electrons. The van der Waals surface area contributed by atoms with Crippen LogP contribution in [-0.2, 0) is 16.3 Å². The third-order valence-corrected chi connectivity index (χ3v) is 5.51. The Morgan fingerprint density at radius 1 is 1.07 bits per heavy atom.